The van der Waals surface area contributed by atoms with E-state index >= 15 is 4.39 Å². The molecule has 2 heterocycles. The Bertz CT molecular complexity index is 1720. The van der Waals surface area contributed by atoms with Crippen LogP contribution in [0.5, 0.6) is 5.75 Å². The van der Waals surface area contributed by atoms with E-state index in [0.29, 0.717) is 16.8 Å². The number of amides is 1. The molecule has 3 aromatic rings. The van der Waals surface area contributed by atoms with Crippen LogP contribution in [0.3, 0.4) is 0 Å². The second kappa shape index (κ2) is 13.1. The average Bonchev–Trinajstić information content (AvgIpc) is 3.27. The van der Waals surface area contributed by atoms with Crippen LogP contribution in [0, 0.1) is 11.8 Å². The molecule has 14 heteroatoms. The molecule has 0 unspecified atom stereocenters. The predicted molar refractivity (Wildman–Crippen MR) is 164 cm³/mol. The number of ether oxygens (including phenoxy) is 2. The molecule has 1 saturated heterocycles. The molecule has 0 saturated carbocycles. The number of anilines is 2. The third-order valence-electron chi connectivity index (χ3n) is 6.99. The number of fused-ring (bicyclic) bond motifs is 1. The van der Waals surface area contributed by atoms with Gasteiger partial charge in [0.1, 0.15) is 24.1 Å². The van der Waals surface area contributed by atoms with E-state index in [1.165, 1.54) is 42.3 Å². The Labute approximate surface area is 259 Å². The second-order valence-corrected chi connectivity index (χ2v) is 13.8. The van der Waals surface area contributed by atoms with Gasteiger partial charge in [0.15, 0.2) is 9.84 Å². The van der Waals surface area contributed by atoms with Crippen molar-refractivity contribution in [3.63, 3.8) is 0 Å². The summed E-state index contributed by atoms with van der Waals surface area (Å²) in [5.74, 6) is 5.88. The largest absolute Gasteiger partial charge is 0.495 e. The summed E-state index contributed by atoms with van der Waals surface area (Å²) in [5.41, 5.74) is 0.483. The summed E-state index contributed by atoms with van der Waals surface area (Å²) in [6.07, 6.45) is -5.26. The smallest absolute Gasteiger partial charge is 0.410 e. The maximum Gasteiger partial charge on any atom is 0.410 e. The van der Waals surface area contributed by atoms with E-state index in [-0.39, 0.29) is 47.9 Å². The predicted octanol–water partition coefficient (Wildman–Crippen LogP) is 5.84. The summed E-state index contributed by atoms with van der Waals surface area (Å²) in [6.45, 7) is 4.13. The topological polar surface area (TPSA) is 102 Å². The maximum absolute atomic E-state index is 15.0. The lowest BCUT2D eigenvalue weighted by molar-refractivity contribution is -0.140. The van der Waals surface area contributed by atoms with Crippen molar-refractivity contribution in [3.8, 4) is 17.6 Å². The lowest BCUT2D eigenvalue weighted by atomic mass is 10.0. The molecule has 2 N–H and O–H groups in total. The van der Waals surface area contributed by atoms with Crippen molar-refractivity contribution in [1.29, 1.82) is 0 Å². The minimum Gasteiger partial charge on any atom is -0.495 e. The number of piperidine rings is 1. The van der Waals surface area contributed by atoms with Crippen molar-refractivity contribution >= 4 is 38.2 Å². The molecule has 2 aromatic carbocycles. The molecule has 1 aliphatic heterocycles. The molecule has 1 aromatic heterocycles. The number of aromatic nitrogens is 1. The van der Waals surface area contributed by atoms with Crippen LogP contribution in [0.2, 0.25) is 0 Å². The monoisotopic (exact) mass is 652 g/mol. The Hall–Kier alpha value is -4.12. The highest BCUT2D eigenvalue weighted by Gasteiger charge is 2.34. The molecule has 1 fully saturated rings. The van der Waals surface area contributed by atoms with Gasteiger partial charge in [0.2, 0.25) is 0 Å². The Kier molecular flexibility index (Phi) is 9.82. The zero-order valence-electron chi connectivity index (χ0n) is 25.6. The number of sulfone groups is 1. The third-order valence-corrected chi connectivity index (χ3v) is 8.10. The fraction of sp³-hybridized carbons (Fsp3) is 0.452. The number of nitrogens with zero attached hydrogens (tertiary/aromatic N) is 2. The highest BCUT2D eigenvalue weighted by atomic mass is 32.2. The third kappa shape index (κ3) is 8.75. The van der Waals surface area contributed by atoms with Gasteiger partial charge in [-0.2, -0.15) is 13.2 Å². The van der Waals surface area contributed by atoms with Crippen molar-refractivity contribution < 1.29 is 40.2 Å². The van der Waals surface area contributed by atoms with Gasteiger partial charge in [-0.25, -0.2) is 17.6 Å². The normalized spacial score (nSPS) is 17.4. The number of halogens is 4. The maximum atomic E-state index is 15.0. The molecule has 2 atom stereocenters. The van der Waals surface area contributed by atoms with Gasteiger partial charge in [-0.15, -0.1) is 0 Å². The minimum atomic E-state index is -4.54. The number of rotatable bonds is 7. The van der Waals surface area contributed by atoms with Crippen LogP contribution in [0.4, 0.5) is 33.7 Å². The number of hydrogen-bond acceptors (Lipinski definition) is 7. The second-order valence-electron chi connectivity index (χ2n) is 11.7. The molecule has 1 aliphatic rings. The van der Waals surface area contributed by atoms with Gasteiger partial charge in [-0.05, 0) is 63.4 Å². The molecule has 244 valence electrons. The summed E-state index contributed by atoms with van der Waals surface area (Å²) in [6, 6.07) is 9.74. The molecule has 9 nitrogen and oxygen atoms in total. The first kappa shape index (κ1) is 33.8. The molecule has 0 bridgehead atoms. The highest BCUT2D eigenvalue weighted by Crippen LogP contribution is 2.32. The van der Waals surface area contributed by atoms with Gasteiger partial charge in [0.05, 0.1) is 41.5 Å². The van der Waals surface area contributed by atoms with Crippen LogP contribution < -0.4 is 15.4 Å². The van der Waals surface area contributed by atoms with Crippen molar-refractivity contribution in [2.75, 3.05) is 43.6 Å². The fourth-order valence-corrected chi connectivity index (χ4v) is 5.57. The SMILES string of the molecule is COc1cc(S(C)(=O)=O)ccc1NCC#Cc1cc2c(N[C@@H]3CN(C(=O)OC(C)(C)C)CC[C@@H]3F)cccc2n1CC(F)(F)F. The van der Waals surface area contributed by atoms with E-state index in [9.17, 15) is 26.4 Å². The number of hydrogen-bond donors (Lipinski definition) is 2. The summed E-state index contributed by atoms with van der Waals surface area (Å²) >= 11 is 0. The van der Waals surface area contributed by atoms with Gasteiger partial charge >= 0.3 is 12.3 Å². The van der Waals surface area contributed by atoms with Gasteiger partial charge in [-0.1, -0.05) is 12.0 Å². The Balaban J connectivity index is 1.60. The summed E-state index contributed by atoms with van der Waals surface area (Å²) in [5, 5.41) is 6.51. The van der Waals surface area contributed by atoms with Gasteiger partial charge in [-0.3, -0.25) is 0 Å². The van der Waals surface area contributed by atoms with Crippen LogP contribution in [0.1, 0.15) is 32.9 Å². The van der Waals surface area contributed by atoms with E-state index in [4.69, 9.17) is 9.47 Å². The van der Waals surface area contributed by atoms with Crippen LogP contribution in [-0.4, -0.2) is 81.0 Å². The summed E-state index contributed by atoms with van der Waals surface area (Å²) < 4.78 is 91.4. The first-order valence-electron chi connectivity index (χ1n) is 14.1. The molecule has 0 radical (unpaired) electrons. The lowest BCUT2D eigenvalue weighted by Gasteiger charge is -2.36. The van der Waals surface area contributed by atoms with Gasteiger partial charge < -0.3 is 29.6 Å². The van der Waals surface area contributed by atoms with Crippen molar-refractivity contribution in [2.24, 2.45) is 0 Å². The number of methoxy groups -OCH3 is 1. The van der Waals surface area contributed by atoms with Crippen LogP contribution in [0.25, 0.3) is 10.9 Å². The number of carbonyl (C=O) groups is 1. The molecule has 0 aliphatic carbocycles. The Morgan fingerprint density at radius 2 is 1.84 bits per heavy atom. The number of benzene rings is 2. The zero-order valence-corrected chi connectivity index (χ0v) is 26.4. The van der Waals surface area contributed by atoms with E-state index in [0.717, 1.165) is 10.8 Å². The lowest BCUT2D eigenvalue weighted by Crippen LogP contribution is -2.51. The Morgan fingerprint density at radius 3 is 2.49 bits per heavy atom. The number of nitrogens with one attached hydrogen (secondary N) is 2. The van der Waals surface area contributed by atoms with E-state index < -0.39 is 46.5 Å². The first-order valence-corrected chi connectivity index (χ1v) is 16.0. The van der Waals surface area contributed by atoms with Gasteiger partial charge in [0.25, 0.3) is 0 Å². The van der Waals surface area contributed by atoms with Crippen molar-refractivity contribution in [3.05, 3.63) is 48.2 Å². The molecule has 1 amide bonds. The number of alkyl halides is 4. The molecular formula is C31H36F4N4O5S. The highest BCUT2D eigenvalue weighted by molar-refractivity contribution is 7.90. The summed E-state index contributed by atoms with van der Waals surface area (Å²) in [4.78, 5) is 14.1. The molecule has 0 spiro atoms. The van der Waals surface area contributed by atoms with Crippen LogP contribution >= 0.6 is 0 Å². The first-order chi connectivity index (χ1) is 20.9. The molecular weight excluding hydrogens is 616 g/mol. The zero-order chi connectivity index (χ0) is 33.2. The Morgan fingerprint density at radius 1 is 1.11 bits per heavy atom. The fourth-order valence-electron chi connectivity index (χ4n) is 4.94. The van der Waals surface area contributed by atoms with Crippen molar-refractivity contribution in [1.82, 2.24) is 9.47 Å². The number of carbonyl (C=O) groups excluding carboxylic acids is 1. The standard InChI is InChI=1S/C31H36F4N4O5S/c1-30(2,3)44-29(40)38-15-13-23(32)26(18-38)37-24-9-6-10-27-22(24)16-20(39(27)19-31(33,34)35)8-7-14-36-25-12-11-21(45(5,41)42)17-28(25)43-4/h6,9-12,16-17,23,26,36-37H,13-15,18-19H2,1-5H3/t23-,26+/m0/s1. The molecule has 45 heavy (non-hydrogen) atoms. The van der Waals surface area contributed by atoms with Crippen LogP contribution in [-0.2, 0) is 21.1 Å². The number of likely N-dealkylation sites (tertiary alicyclic amines) is 1. The van der Waals surface area contributed by atoms with Gasteiger partial charge in [0, 0.05) is 36.5 Å². The van der Waals surface area contributed by atoms with E-state index in [1.54, 1.807) is 32.9 Å². The summed E-state index contributed by atoms with van der Waals surface area (Å²) in [7, 11) is -2.07. The van der Waals surface area contributed by atoms with Crippen LogP contribution in [0.15, 0.2) is 47.4 Å². The van der Waals surface area contributed by atoms with E-state index in [2.05, 4.69) is 22.5 Å². The molecule has 4 rings (SSSR count). The average molecular weight is 653 g/mol. The quantitative estimate of drug-likeness (QED) is 0.244. The van der Waals surface area contributed by atoms with Crippen molar-refractivity contribution in [2.45, 2.75) is 62.6 Å². The minimum absolute atomic E-state index is 0.0132. The van der Waals surface area contributed by atoms with E-state index in [1.807, 2.05) is 0 Å².